The Bertz CT molecular complexity index is 1600. The third kappa shape index (κ3) is 5.96. The minimum Gasteiger partial charge on any atom is -0.444 e. The molecule has 0 unspecified atom stereocenters. The van der Waals surface area contributed by atoms with Crippen molar-refractivity contribution < 1.29 is 30.8 Å². The Morgan fingerprint density at radius 3 is 2.29 bits per heavy atom. The van der Waals surface area contributed by atoms with Gasteiger partial charge in [-0.1, -0.05) is 6.07 Å². The Morgan fingerprint density at radius 1 is 1.03 bits per heavy atom. The lowest BCUT2D eigenvalue weighted by Crippen LogP contribution is -2.41. The molecule has 206 valence electrons. The standard InChI is InChI=1S/C26H32FN3O6S2/c1-26(2,3)36-25(31)30-12-10-17(11-13-30)18-6-8-21(23(15-18)37(5,32)33)28-38(34,35)24-16-19-14-20(27)7-9-22(19)29(24)4/h6-9,14-17,28H,10-13H2,1-5H3. The van der Waals surface area contributed by atoms with Crippen LogP contribution in [-0.2, 0) is 31.6 Å². The van der Waals surface area contributed by atoms with Crippen LogP contribution >= 0.6 is 0 Å². The molecule has 4 rings (SSSR count). The average molecular weight is 566 g/mol. The van der Waals surface area contributed by atoms with E-state index < -0.39 is 31.3 Å². The number of halogens is 1. The van der Waals surface area contributed by atoms with Gasteiger partial charge in [0, 0.05) is 37.3 Å². The maximum Gasteiger partial charge on any atom is 0.410 e. The van der Waals surface area contributed by atoms with E-state index in [4.69, 9.17) is 4.74 Å². The first-order chi connectivity index (χ1) is 17.5. The van der Waals surface area contributed by atoms with Gasteiger partial charge in [-0.25, -0.2) is 17.6 Å². The number of aryl methyl sites for hydroxylation is 1. The van der Waals surface area contributed by atoms with Gasteiger partial charge in [0.2, 0.25) is 0 Å². The van der Waals surface area contributed by atoms with Crippen molar-refractivity contribution in [2.45, 2.75) is 55.1 Å². The number of nitrogens with one attached hydrogen (secondary N) is 1. The SMILES string of the molecule is Cn1c(S(=O)(=O)Nc2ccc(C3CCN(C(=O)OC(C)(C)C)CC3)cc2S(C)(=O)=O)cc2cc(F)ccc21. The third-order valence-corrected chi connectivity index (χ3v) is 9.07. The number of fused-ring (bicyclic) bond motifs is 1. The Kier molecular flexibility index (Phi) is 7.26. The summed E-state index contributed by atoms with van der Waals surface area (Å²) in [4.78, 5) is 13.9. The molecule has 1 N–H and O–H groups in total. The summed E-state index contributed by atoms with van der Waals surface area (Å²) in [6, 6.07) is 9.95. The second kappa shape index (κ2) is 9.88. The van der Waals surface area contributed by atoms with Gasteiger partial charge in [0.1, 0.15) is 11.4 Å². The fraction of sp³-hybridized carbons (Fsp3) is 0.423. The average Bonchev–Trinajstić information content (AvgIpc) is 3.14. The van der Waals surface area contributed by atoms with Crippen LogP contribution in [0.4, 0.5) is 14.9 Å². The summed E-state index contributed by atoms with van der Waals surface area (Å²) in [5, 5.41) is 0.278. The number of rotatable bonds is 5. The molecule has 1 aromatic heterocycles. The molecule has 0 bridgehead atoms. The quantitative estimate of drug-likeness (QED) is 0.482. The number of benzene rings is 2. The van der Waals surface area contributed by atoms with Crippen LogP contribution in [0.3, 0.4) is 0 Å². The number of ether oxygens (including phenoxy) is 1. The number of hydrogen-bond acceptors (Lipinski definition) is 6. The van der Waals surface area contributed by atoms with Crippen LogP contribution in [0.15, 0.2) is 52.4 Å². The van der Waals surface area contributed by atoms with Crippen molar-refractivity contribution in [2.75, 3.05) is 24.1 Å². The topological polar surface area (TPSA) is 115 Å². The molecule has 2 heterocycles. The van der Waals surface area contributed by atoms with E-state index in [0.717, 1.165) is 11.8 Å². The van der Waals surface area contributed by atoms with Crippen LogP contribution in [0.25, 0.3) is 10.9 Å². The normalized spacial score (nSPS) is 15.6. The van der Waals surface area contributed by atoms with Crippen LogP contribution in [0.2, 0.25) is 0 Å². The summed E-state index contributed by atoms with van der Waals surface area (Å²) in [6.07, 6.45) is 1.86. The second-order valence-corrected chi connectivity index (χ2v) is 14.2. The van der Waals surface area contributed by atoms with E-state index in [0.29, 0.717) is 36.8 Å². The number of amides is 1. The van der Waals surface area contributed by atoms with Crippen molar-refractivity contribution in [2.24, 2.45) is 7.05 Å². The van der Waals surface area contributed by atoms with Gasteiger partial charge in [0.25, 0.3) is 10.0 Å². The van der Waals surface area contributed by atoms with Gasteiger partial charge in [0.15, 0.2) is 14.9 Å². The van der Waals surface area contributed by atoms with E-state index >= 15 is 0 Å². The largest absolute Gasteiger partial charge is 0.444 e. The van der Waals surface area contributed by atoms with Crippen molar-refractivity contribution in [3.63, 3.8) is 0 Å². The van der Waals surface area contributed by atoms with E-state index in [2.05, 4.69) is 4.72 Å². The summed E-state index contributed by atoms with van der Waals surface area (Å²) in [5.74, 6) is -0.500. The maximum absolute atomic E-state index is 13.7. The number of hydrogen-bond donors (Lipinski definition) is 1. The highest BCUT2D eigenvalue weighted by atomic mass is 32.2. The predicted molar refractivity (Wildman–Crippen MR) is 143 cm³/mol. The van der Waals surface area contributed by atoms with E-state index in [-0.39, 0.29) is 27.6 Å². The first-order valence-corrected chi connectivity index (χ1v) is 15.5. The zero-order valence-electron chi connectivity index (χ0n) is 22.0. The van der Waals surface area contributed by atoms with Gasteiger partial charge in [-0.05, 0) is 81.5 Å². The fourth-order valence-electron chi connectivity index (χ4n) is 4.66. The lowest BCUT2D eigenvalue weighted by molar-refractivity contribution is 0.0205. The Labute approximate surface area is 222 Å². The number of sulfonamides is 1. The monoisotopic (exact) mass is 565 g/mol. The molecule has 1 fully saturated rings. The molecule has 2 aromatic carbocycles. The van der Waals surface area contributed by atoms with Gasteiger partial charge in [0.05, 0.1) is 10.6 Å². The number of carbonyl (C=O) groups is 1. The van der Waals surface area contributed by atoms with Crippen LogP contribution in [0.5, 0.6) is 0 Å². The lowest BCUT2D eigenvalue weighted by atomic mass is 9.89. The van der Waals surface area contributed by atoms with Crippen LogP contribution < -0.4 is 4.72 Å². The van der Waals surface area contributed by atoms with Crippen molar-refractivity contribution >= 4 is 42.5 Å². The molecule has 9 nitrogen and oxygen atoms in total. The maximum atomic E-state index is 13.7. The highest BCUT2D eigenvalue weighted by molar-refractivity contribution is 7.93. The van der Waals surface area contributed by atoms with E-state index in [1.165, 1.54) is 41.0 Å². The van der Waals surface area contributed by atoms with E-state index in [1.807, 2.05) is 0 Å². The molecule has 0 radical (unpaired) electrons. The Hall–Kier alpha value is -3.12. The summed E-state index contributed by atoms with van der Waals surface area (Å²) in [6.45, 7) is 6.34. The van der Waals surface area contributed by atoms with Crippen molar-refractivity contribution in [1.29, 1.82) is 0 Å². The van der Waals surface area contributed by atoms with Crippen molar-refractivity contribution in [3.05, 3.63) is 53.8 Å². The van der Waals surface area contributed by atoms with Gasteiger partial charge < -0.3 is 14.2 Å². The molecule has 1 amide bonds. The third-order valence-electron chi connectivity index (χ3n) is 6.50. The molecule has 0 atom stereocenters. The second-order valence-electron chi connectivity index (χ2n) is 10.6. The molecular weight excluding hydrogens is 533 g/mol. The lowest BCUT2D eigenvalue weighted by Gasteiger charge is -2.33. The van der Waals surface area contributed by atoms with Crippen molar-refractivity contribution in [3.8, 4) is 0 Å². The van der Waals surface area contributed by atoms with Gasteiger partial charge in [-0.2, -0.15) is 8.42 Å². The minimum atomic E-state index is -4.20. The van der Waals surface area contributed by atoms with Gasteiger partial charge >= 0.3 is 6.09 Å². The van der Waals surface area contributed by atoms with Crippen LogP contribution in [-0.4, -0.2) is 57.3 Å². The first-order valence-electron chi connectivity index (χ1n) is 12.1. The predicted octanol–water partition coefficient (Wildman–Crippen LogP) is 4.64. The van der Waals surface area contributed by atoms with E-state index in [1.54, 1.807) is 38.8 Å². The Balaban J connectivity index is 1.59. The fourth-order valence-corrected chi connectivity index (χ4v) is 6.90. The molecule has 1 saturated heterocycles. The number of aromatic nitrogens is 1. The zero-order valence-corrected chi connectivity index (χ0v) is 23.6. The smallest absolute Gasteiger partial charge is 0.410 e. The van der Waals surface area contributed by atoms with Gasteiger partial charge in [-0.3, -0.25) is 4.72 Å². The summed E-state index contributed by atoms with van der Waals surface area (Å²) in [7, 11) is -6.46. The molecule has 1 aliphatic heterocycles. The number of likely N-dealkylation sites (tertiary alicyclic amines) is 1. The molecule has 38 heavy (non-hydrogen) atoms. The van der Waals surface area contributed by atoms with E-state index in [9.17, 15) is 26.0 Å². The number of nitrogens with zero attached hydrogens (tertiary/aromatic N) is 2. The summed E-state index contributed by atoms with van der Waals surface area (Å²) < 4.78 is 74.8. The number of carbonyl (C=O) groups excluding carboxylic acids is 1. The molecule has 12 heteroatoms. The van der Waals surface area contributed by atoms with Crippen LogP contribution in [0.1, 0.15) is 45.1 Å². The number of anilines is 1. The number of piperidine rings is 1. The van der Waals surface area contributed by atoms with Crippen molar-refractivity contribution in [1.82, 2.24) is 9.47 Å². The van der Waals surface area contributed by atoms with Gasteiger partial charge in [-0.15, -0.1) is 0 Å². The molecule has 0 aliphatic carbocycles. The van der Waals surface area contributed by atoms with Crippen LogP contribution in [0, 0.1) is 5.82 Å². The molecule has 3 aromatic rings. The minimum absolute atomic E-state index is 0.00656. The first kappa shape index (κ1) is 27.9. The number of sulfone groups is 1. The molecular formula is C26H32FN3O6S2. The highest BCUT2D eigenvalue weighted by Gasteiger charge is 2.29. The zero-order chi connectivity index (χ0) is 28.0. The summed E-state index contributed by atoms with van der Waals surface area (Å²) >= 11 is 0. The molecule has 0 spiro atoms. The molecule has 0 saturated carbocycles. The Morgan fingerprint density at radius 2 is 1.68 bits per heavy atom. The highest BCUT2D eigenvalue weighted by Crippen LogP contribution is 2.34. The summed E-state index contributed by atoms with van der Waals surface area (Å²) in [5.41, 5.74) is 0.600. The molecule has 1 aliphatic rings.